The Hall–Kier alpha value is -1.24. The lowest BCUT2D eigenvalue weighted by Gasteiger charge is -2.36. The third-order valence-corrected chi connectivity index (χ3v) is 7.24. The number of nitrogens with one attached hydrogen (secondary N) is 1. The number of hydrogen-bond donors (Lipinski definition) is 2. The fraction of sp³-hybridized carbons (Fsp3) is 0.579. The van der Waals surface area contributed by atoms with E-state index in [9.17, 15) is 9.59 Å². The van der Waals surface area contributed by atoms with Crippen molar-refractivity contribution in [2.24, 2.45) is 0 Å². The van der Waals surface area contributed by atoms with E-state index in [1.165, 1.54) is 0 Å². The van der Waals surface area contributed by atoms with Crippen LogP contribution in [0.25, 0.3) is 0 Å². The second-order valence-electron chi connectivity index (χ2n) is 7.27. The first-order chi connectivity index (χ1) is 12.4. The van der Waals surface area contributed by atoms with Crippen molar-refractivity contribution in [3.05, 3.63) is 34.9 Å². The van der Waals surface area contributed by atoms with Crippen LogP contribution in [-0.4, -0.2) is 52.5 Å². The fourth-order valence-corrected chi connectivity index (χ4v) is 5.21. The topological polar surface area (TPSA) is 66.0 Å². The van der Waals surface area contributed by atoms with Gasteiger partial charge >= 0.3 is 0 Å². The lowest BCUT2D eigenvalue weighted by molar-refractivity contribution is -0.714. The van der Waals surface area contributed by atoms with Gasteiger partial charge in [0.25, 0.3) is 11.8 Å². The van der Waals surface area contributed by atoms with Crippen molar-refractivity contribution in [1.82, 2.24) is 10.2 Å². The Morgan fingerprint density at radius 2 is 2.15 bits per heavy atom. The largest absolute Gasteiger partial charge is 0.348 e. The van der Waals surface area contributed by atoms with Crippen molar-refractivity contribution in [3.63, 3.8) is 0 Å². The molecule has 1 spiro atoms. The number of halogens is 1. The van der Waals surface area contributed by atoms with Crippen molar-refractivity contribution in [2.45, 2.75) is 50.1 Å². The summed E-state index contributed by atoms with van der Waals surface area (Å²) in [6.45, 7) is 5.55. The number of amides is 2. The van der Waals surface area contributed by atoms with E-state index in [0.29, 0.717) is 23.7 Å². The van der Waals surface area contributed by atoms with Crippen LogP contribution in [-0.2, 0) is 4.79 Å². The Kier molecular flexibility index (Phi) is 6.15. The van der Waals surface area contributed by atoms with Crippen LogP contribution in [0.15, 0.2) is 24.3 Å². The Balaban J connectivity index is 1.55. The number of benzene rings is 1. The van der Waals surface area contributed by atoms with Gasteiger partial charge in [0.2, 0.25) is 0 Å². The SMILES string of the molecule is CC[C@@H](C)NC(=O)[C@@H]1CSC2(CCN(C(=O)c3cccc(Cl)c3)CC2)[NH2+]1. The van der Waals surface area contributed by atoms with Crippen LogP contribution in [0.4, 0.5) is 0 Å². The van der Waals surface area contributed by atoms with Crippen LogP contribution < -0.4 is 10.6 Å². The average molecular weight is 397 g/mol. The van der Waals surface area contributed by atoms with Crippen molar-refractivity contribution < 1.29 is 14.9 Å². The summed E-state index contributed by atoms with van der Waals surface area (Å²) in [6.07, 6.45) is 2.74. The van der Waals surface area contributed by atoms with Gasteiger partial charge in [-0.25, -0.2) is 0 Å². The smallest absolute Gasteiger partial charge is 0.279 e. The maximum absolute atomic E-state index is 12.7. The fourth-order valence-electron chi connectivity index (χ4n) is 3.53. The van der Waals surface area contributed by atoms with E-state index in [1.54, 1.807) is 12.1 Å². The highest BCUT2D eigenvalue weighted by Crippen LogP contribution is 2.34. The number of nitrogens with two attached hydrogens (primary N) is 1. The minimum absolute atomic E-state index is 0.0239. The predicted octanol–water partition coefficient (Wildman–Crippen LogP) is 1.87. The van der Waals surface area contributed by atoms with Gasteiger partial charge in [-0.15, -0.1) is 0 Å². The summed E-state index contributed by atoms with van der Waals surface area (Å²) in [4.78, 5) is 27.0. The highest BCUT2D eigenvalue weighted by atomic mass is 35.5. The van der Waals surface area contributed by atoms with Crippen LogP contribution in [0.2, 0.25) is 5.02 Å². The highest BCUT2D eigenvalue weighted by Gasteiger charge is 2.48. The van der Waals surface area contributed by atoms with Crippen LogP contribution in [0.5, 0.6) is 0 Å². The van der Waals surface area contributed by atoms with Gasteiger partial charge in [0.05, 0.1) is 5.75 Å². The van der Waals surface area contributed by atoms with Crippen molar-refractivity contribution in [2.75, 3.05) is 18.8 Å². The van der Waals surface area contributed by atoms with E-state index in [1.807, 2.05) is 35.7 Å². The Labute approximate surface area is 164 Å². The normalized spacial score (nSPS) is 23.0. The van der Waals surface area contributed by atoms with Gasteiger partial charge in [0.1, 0.15) is 4.87 Å². The second kappa shape index (κ2) is 8.19. The first kappa shape index (κ1) is 19.5. The number of likely N-dealkylation sites (tertiary alicyclic amines) is 1. The molecule has 1 aromatic carbocycles. The van der Waals surface area contributed by atoms with Gasteiger partial charge in [0, 0.05) is 42.6 Å². The molecule has 2 aliphatic rings. The number of rotatable bonds is 4. The highest BCUT2D eigenvalue weighted by molar-refractivity contribution is 8.00. The molecule has 1 aromatic rings. The predicted molar refractivity (Wildman–Crippen MR) is 105 cm³/mol. The Morgan fingerprint density at radius 3 is 2.81 bits per heavy atom. The zero-order chi connectivity index (χ0) is 18.7. The number of hydrogen-bond acceptors (Lipinski definition) is 3. The summed E-state index contributed by atoms with van der Waals surface area (Å²) in [5, 5.41) is 5.90. The van der Waals surface area contributed by atoms with Gasteiger partial charge in [0.15, 0.2) is 6.04 Å². The second-order valence-corrected chi connectivity index (χ2v) is 9.14. The molecule has 2 fully saturated rings. The van der Waals surface area contributed by atoms with Gasteiger partial charge in [-0.3, -0.25) is 9.59 Å². The summed E-state index contributed by atoms with van der Waals surface area (Å²) in [5.41, 5.74) is 0.641. The molecular weight excluding hydrogens is 370 g/mol. The molecule has 2 saturated heterocycles. The molecule has 2 heterocycles. The number of carbonyl (C=O) groups excluding carboxylic acids is 2. The summed E-state index contributed by atoms with van der Waals surface area (Å²) in [6, 6.07) is 7.31. The first-order valence-corrected chi connectivity index (χ1v) is 10.6. The molecule has 0 saturated carbocycles. The Bertz CT molecular complexity index is 677. The van der Waals surface area contributed by atoms with Crippen molar-refractivity contribution >= 4 is 35.2 Å². The van der Waals surface area contributed by atoms with E-state index >= 15 is 0 Å². The van der Waals surface area contributed by atoms with Crippen LogP contribution in [0.1, 0.15) is 43.5 Å². The molecule has 0 aliphatic carbocycles. The van der Waals surface area contributed by atoms with Crippen LogP contribution in [0.3, 0.4) is 0 Å². The van der Waals surface area contributed by atoms with E-state index < -0.39 is 0 Å². The first-order valence-electron chi connectivity index (χ1n) is 9.27. The molecule has 5 nitrogen and oxygen atoms in total. The van der Waals surface area contributed by atoms with Gasteiger partial charge in [-0.2, -0.15) is 0 Å². The van der Waals surface area contributed by atoms with Gasteiger partial charge in [-0.05, 0) is 31.5 Å². The molecule has 0 bridgehead atoms. The summed E-state index contributed by atoms with van der Waals surface area (Å²) >= 11 is 7.87. The number of thioether (sulfide) groups is 1. The third kappa shape index (κ3) is 4.35. The molecule has 26 heavy (non-hydrogen) atoms. The Morgan fingerprint density at radius 1 is 1.42 bits per heavy atom. The minimum Gasteiger partial charge on any atom is -0.348 e. The molecule has 2 aliphatic heterocycles. The molecule has 0 radical (unpaired) electrons. The van der Waals surface area contributed by atoms with Crippen molar-refractivity contribution in [1.29, 1.82) is 0 Å². The summed E-state index contributed by atoms with van der Waals surface area (Å²) in [5.74, 6) is 1.02. The zero-order valence-corrected chi connectivity index (χ0v) is 16.9. The molecule has 142 valence electrons. The quantitative estimate of drug-likeness (QED) is 0.816. The van der Waals surface area contributed by atoms with E-state index in [0.717, 1.165) is 25.0 Å². The summed E-state index contributed by atoms with van der Waals surface area (Å²) < 4.78 is 0. The standard InChI is InChI=1S/C19H26ClN3O2S/c1-3-13(2)21-17(24)16-12-26-19(22-16)7-9-23(10-8-19)18(25)14-5-4-6-15(20)11-14/h4-6,11,13,16,22H,3,7-10,12H2,1-2H3,(H,21,24)/p+1/t13-,16+/m1/s1. The lowest BCUT2D eigenvalue weighted by atomic mass is 10.0. The monoisotopic (exact) mass is 396 g/mol. The number of piperidine rings is 1. The van der Waals surface area contributed by atoms with Crippen LogP contribution >= 0.6 is 23.4 Å². The number of nitrogens with zero attached hydrogens (tertiary/aromatic N) is 1. The van der Waals surface area contributed by atoms with E-state index in [4.69, 9.17) is 11.6 Å². The van der Waals surface area contributed by atoms with E-state index in [2.05, 4.69) is 17.6 Å². The molecule has 7 heteroatoms. The third-order valence-electron chi connectivity index (χ3n) is 5.36. The van der Waals surface area contributed by atoms with Crippen molar-refractivity contribution in [3.8, 4) is 0 Å². The molecule has 0 aromatic heterocycles. The maximum atomic E-state index is 12.7. The molecule has 0 unspecified atom stereocenters. The van der Waals surface area contributed by atoms with E-state index in [-0.39, 0.29) is 28.8 Å². The number of carbonyl (C=O) groups is 2. The molecule has 2 atom stereocenters. The van der Waals surface area contributed by atoms with Crippen LogP contribution in [0, 0.1) is 0 Å². The molecule has 3 N–H and O–H groups in total. The average Bonchev–Trinajstić information content (AvgIpc) is 3.05. The maximum Gasteiger partial charge on any atom is 0.279 e. The van der Waals surface area contributed by atoms with Gasteiger partial charge in [-0.1, -0.05) is 36.4 Å². The molecule has 3 rings (SSSR count). The molecule has 2 amide bonds. The minimum atomic E-state index is -0.0239. The molecular formula is C19H27ClN3O2S+. The van der Waals surface area contributed by atoms with Gasteiger partial charge < -0.3 is 15.5 Å². The zero-order valence-electron chi connectivity index (χ0n) is 15.3. The number of quaternary nitrogens is 1. The lowest BCUT2D eigenvalue weighted by Crippen LogP contribution is -3.00. The summed E-state index contributed by atoms with van der Waals surface area (Å²) in [7, 11) is 0.